The summed E-state index contributed by atoms with van der Waals surface area (Å²) in [7, 11) is 0. The highest BCUT2D eigenvalue weighted by atomic mass is 19.4. The van der Waals surface area contributed by atoms with Gasteiger partial charge in [0.05, 0.1) is 5.56 Å². The first-order valence-corrected chi connectivity index (χ1v) is 6.49. The van der Waals surface area contributed by atoms with Crippen LogP contribution in [0, 0.1) is 0 Å². The van der Waals surface area contributed by atoms with Gasteiger partial charge in [-0.25, -0.2) is 0 Å². The first kappa shape index (κ1) is 13.2. The van der Waals surface area contributed by atoms with Crippen LogP contribution in [0.3, 0.4) is 0 Å². The summed E-state index contributed by atoms with van der Waals surface area (Å²) in [4.78, 5) is 0. The highest BCUT2D eigenvalue weighted by Gasteiger charge is 2.42. The van der Waals surface area contributed by atoms with E-state index in [1.165, 1.54) is 6.07 Å². The first-order chi connectivity index (χ1) is 9.47. The van der Waals surface area contributed by atoms with Gasteiger partial charge in [-0.2, -0.15) is 13.2 Å². The van der Waals surface area contributed by atoms with E-state index in [1.807, 2.05) is 18.2 Å². The van der Waals surface area contributed by atoms with Gasteiger partial charge in [0.2, 0.25) is 0 Å². The van der Waals surface area contributed by atoms with Crippen LogP contribution in [0.15, 0.2) is 48.5 Å². The molecule has 4 heteroatoms. The highest BCUT2D eigenvalue weighted by molar-refractivity contribution is 5.65. The van der Waals surface area contributed by atoms with Gasteiger partial charge in [0.1, 0.15) is 0 Å². The van der Waals surface area contributed by atoms with Crippen molar-refractivity contribution in [2.45, 2.75) is 24.6 Å². The van der Waals surface area contributed by atoms with Crippen molar-refractivity contribution in [3.8, 4) is 11.1 Å². The van der Waals surface area contributed by atoms with E-state index in [4.69, 9.17) is 5.73 Å². The molecule has 0 spiro atoms. The lowest BCUT2D eigenvalue weighted by Gasteiger charge is -2.14. The topological polar surface area (TPSA) is 26.0 Å². The molecular formula is C16H14F3N. The van der Waals surface area contributed by atoms with Gasteiger partial charge < -0.3 is 5.73 Å². The Balaban J connectivity index is 2.08. The molecule has 104 valence electrons. The highest BCUT2D eigenvalue weighted by Crippen LogP contribution is 2.46. The molecule has 0 bridgehead atoms. The number of nitrogens with two attached hydrogens (primary N) is 1. The van der Waals surface area contributed by atoms with Gasteiger partial charge in [-0.1, -0.05) is 42.5 Å². The van der Waals surface area contributed by atoms with Crippen LogP contribution in [0.1, 0.15) is 23.5 Å². The third-order valence-electron chi connectivity index (χ3n) is 3.71. The van der Waals surface area contributed by atoms with Crippen LogP contribution in [0.5, 0.6) is 0 Å². The second kappa shape index (κ2) is 4.63. The van der Waals surface area contributed by atoms with Crippen LogP contribution >= 0.6 is 0 Å². The largest absolute Gasteiger partial charge is 0.416 e. The van der Waals surface area contributed by atoms with Crippen molar-refractivity contribution in [3.05, 3.63) is 59.7 Å². The van der Waals surface area contributed by atoms with Gasteiger partial charge in [-0.05, 0) is 29.2 Å². The monoisotopic (exact) mass is 277 g/mol. The first-order valence-electron chi connectivity index (χ1n) is 6.49. The normalized spacial score (nSPS) is 21.8. The van der Waals surface area contributed by atoms with E-state index in [9.17, 15) is 13.2 Å². The molecule has 2 aromatic carbocycles. The predicted molar refractivity (Wildman–Crippen MR) is 72.2 cm³/mol. The van der Waals surface area contributed by atoms with E-state index < -0.39 is 11.7 Å². The second-order valence-electron chi connectivity index (χ2n) is 5.17. The van der Waals surface area contributed by atoms with E-state index >= 15 is 0 Å². The second-order valence-corrected chi connectivity index (χ2v) is 5.17. The summed E-state index contributed by atoms with van der Waals surface area (Å²) in [5, 5.41) is 0. The van der Waals surface area contributed by atoms with Crippen molar-refractivity contribution >= 4 is 0 Å². The maximum Gasteiger partial charge on any atom is 0.416 e. The Bertz CT molecular complexity index is 619. The van der Waals surface area contributed by atoms with Gasteiger partial charge in [0, 0.05) is 12.0 Å². The summed E-state index contributed by atoms with van der Waals surface area (Å²) < 4.78 is 39.7. The van der Waals surface area contributed by atoms with Crippen LogP contribution in [0.2, 0.25) is 0 Å². The Labute approximate surface area is 115 Å². The zero-order valence-corrected chi connectivity index (χ0v) is 10.7. The summed E-state index contributed by atoms with van der Waals surface area (Å²) in [5.41, 5.74) is 6.82. The molecule has 1 aliphatic carbocycles. The number of benzene rings is 2. The van der Waals surface area contributed by atoms with Gasteiger partial charge in [-0.15, -0.1) is 0 Å². The van der Waals surface area contributed by atoms with E-state index in [-0.39, 0.29) is 12.0 Å². The molecular weight excluding hydrogens is 263 g/mol. The molecule has 2 aromatic rings. The third kappa shape index (κ3) is 2.43. The Hall–Kier alpha value is -1.81. The number of alkyl halides is 3. The van der Waals surface area contributed by atoms with E-state index in [1.54, 1.807) is 24.3 Å². The van der Waals surface area contributed by atoms with E-state index in [2.05, 4.69) is 0 Å². The number of hydrogen-bond donors (Lipinski definition) is 1. The van der Waals surface area contributed by atoms with Crippen molar-refractivity contribution in [1.82, 2.24) is 0 Å². The molecule has 0 radical (unpaired) electrons. The molecule has 2 atom stereocenters. The lowest BCUT2D eigenvalue weighted by Crippen LogP contribution is -2.11. The fourth-order valence-electron chi connectivity index (χ4n) is 2.51. The Morgan fingerprint density at radius 2 is 1.60 bits per heavy atom. The van der Waals surface area contributed by atoms with Crippen molar-refractivity contribution < 1.29 is 13.2 Å². The van der Waals surface area contributed by atoms with Crippen molar-refractivity contribution in [2.24, 2.45) is 5.73 Å². The minimum Gasteiger partial charge on any atom is -0.327 e. The third-order valence-corrected chi connectivity index (χ3v) is 3.71. The molecule has 20 heavy (non-hydrogen) atoms. The molecule has 0 aliphatic heterocycles. The number of rotatable bonds is 2. The van der Waals surface area contributed by atoms with Crippen molar-refractivity contribution in [1.29, 1.82) is 0 Å². The van der Waals surface area contributed by atoms with E-state index in [0.29, 0.717) is 17.5 Å². The van der Waals surface area contributed by atoms with Crippen molar-refractivity contribution in [2.75, 3.05) is 0 Å². The molecule has 0 saturated heterocycles. The zero-order chi connectivity index (χ0) is 14.3. The van der Waals surface area contributed by atoms with Crippen LogP contribution in [0.4, 0.5) is 13.2 Å². The SMILES string of the molecule is N[C@H]1C[C@@H]1c1ccc(-c2ccccc2)cc1C(F)(F)F. The fourth-order valence-corrected chi connectivity index (χ4v) is 2.51. The molecule has 3 rings (SSSR count). The van der Waals surface area contributed by atoms with Crippen LogP contribution < -0.4 is 5.73 Å². The number of halogens is 3. The molecule has 0 heterocycles. The molecule has 2 N–H and O–H groups in total. The van der Waals surface area contributed by atoms with Crippen LogP contribution in [-0.2, 0) is 6.18 Å². The lowest BCUT2D eigenvalue weighted by molar-refractivity contribution is -0.138. The summed E-state index contributed by atoms with van der Waals surface area (Å²) in [5.74, 6) is -0.156. The molecule has 1 nitrogen and oxygen atoms in total. The maximum atomic E-state index is 13.2. The van der Waals surface area contributed by atoms with Crippen LogP contribution in [0.25, 0.3) is 11.1 Å². The van der Waals surface area contributed by atoms with E-state index in [0.717, 1.165) is 5.56 Å². The minimum atomic E-state index is -4.34. The summed E-state index contributed by atoms with van der Waals surface area (Å²) in [6, 6.07) is 13.5. The Morgan fingerprint density at radius 1 is 0.950 bits per heavy atom. The minimum absolute atomic E-state index is 0.140. The molecule has 1 fully saturated rings. The Morgan fingerprint density at radius 3 is 2.15 bits per heavy atom. The number of hydrogen-bond acceptors (Lipinski definition) is 1. The van der Waals surface area contributed by atoms with Crippen molar-refractivity contribution in [3.63, 3.8) is 0 Å². The molecule has 1 aliphatic rings. The average Bonchev–Trinajstić information content (AvgIpc) is 3.15. The standard InChI is InChI=1S/C16H14F3N/c17-16(18,19)14-8-11(10-4-2-1-3-5-10)6-7-12(14)13-9-15(13)20/h1-8,13,15H,9,20H2/t13-,15+/m1/s1. The fraction of sp³-hybridized carbons (Fsp3) is 0.250. The predicted octanol–water partition coefficient (Wildman–Crippen LogP) is 4.19. The van der Waals surface area contributed by atoms with Crippen LogP contribution in [-0.4, -0.2) is 6.04 Å². The maximum absolute atomic E-state index is 13.2. The van der Waals surface area contributed by atoms with Gasteiger partial charge >= 0.3 is 6.18 Å². The average molecular weight is 277 g/mol. The lowest BCUT2D eigenvalue weighted by atomic mass is 9.96. The molecule has 1 saturated carbocycles. The molecule has 0 amide bonds. The molecule has 0 unspecified atom stereocenters. The summed E-state index contributed by atoms with van der Waals surface area (Å²) in [6.45, 7) is 0. The summed E-state index contributed by atoms with van der Waals surface area (Å²) >= 11 is 0. The quantitative estimate of drug-likeness (QED) is 0.875. The van der Waals surface area contributed by atoms with Gasteiger partial charge in [0.25, 0.3) is 0 Å². The zero-order valence-electron chi connectivity index (χ0n) is 10.7. The smallest absolute Gasteiger partial charge is 0.327 e. The van der Waals surface area contributed by atoms with Gasteiger partial charge in [-0.3, -0.25) is 0 Å². The summed E-state index contributed by atoms with van der Waals surface area (Å²) in [6.07, 6.45) is -3.71. The Kier molecular flexibility index (Phi) is 3.05. The molecule has 0 aromatic heterocycles. The van der Waals surface area contributed by atoms with Gasteiger partial charge in [0.15, 0.2) is 0 Å².